The Bertz CT molecular complexity index is 599. The number of nitrogens with zero attached hydrogens (tertiary/aromatic N) is 2. The first-order valence-corrected chi connectivity index (χ1v) is 5.40. The van der Waals surface area contributed by atoms with Crippen molar-refractivity contribution in [3.63, 3.8) is 0 Å². The summed E-state index contributed by atoms with van der Waals surface area (Å²) in [4.78, 5) is 15.5. The molecule has 2 heterocycles. The molecule has 0 aliphatic heterocycles. The van der Waals surface area contributed by atoms with Crippen LogP contribution in [0.4, 0.5) is 13.2 Å². The van der Waals surface area contributed by atoms with Crippen molar-refractivity contribution in [1.29, 1.82) is 0 Å². The van der Waals surface area contributed by atoms with E-state index in [0.717, 1.165) is 6.07 Å². The zero-order valence-electron chi connectivity index (χ0n) is 9.82. The maximum absolute atomic E-state index is 12.7. The van der Waals surface area contributed by atoms with Crippen molar-refractivity contribution in [2.75, 3.05) is 0 Å². The summed E-state index contributed by atoms with van der Waals surface area (Å²) in [7, 11) is 0. The molecule has 0 radical (unpaired) electrons. The van der Waals surface area contributed by atoms with Crippen molar-refractivity contribution in [2.24, 2.45) is 5.92 Å². The summed E-state index contributed by atoms with van der Waals surface area (Å²) < 4.78 is 39.4. The van der Waals surface area contributed by atoms with Crippen LogP contribution in [0.15, 0.2) is 24.5 Å². The zero-order chi connectivity index (χ0) is 13.5. The number of halogens is 3. The van der Waals surface area contributed by atoms with E-state index in [1.165, 1.54) is 22.9 Å². The number of fused-ring (bicyclic) bond motifs is 1. The van der Waals surface area contributed by atoms with Crippen LogP contribution in [0.3, 0.4) is 0 Å². The molecule has 0 aliphatic carbocycles. The maximum atomic E-state index is 12.7. The van der Waals surface area contributed by atoms with Crippen LogP contribution in [-0.2, 0) is 6.18 Å². The first-order valence-electron chi connectivity index (χ1n) is 5.40. The van der Waals surface area contributed by atoms with Crippen molar-refractivity contribution >= 4 is 11.4 Å². The summed E-state index contributed by atoms with van der Waals surface area (Å²) in [6, 6.07) is 2.21. The minimum absolute atomic E-state index is 0.172. The summed E-state index contributed by atoms with van der Waals surface area (Å²) in [6.07, 6.45) is -1.88. The molecule has 2 aromatic heterocycles. The Morgan fingerprint density at radius 3 is 2.61 bits per heavy atom. The van der Waals surface area contributed by atoms with Gasteiger partial charge in [-0.2, -0.15) is 13.2 Å². The van der Waals surface area contributed by atoms with Crippen LogP contribution in [0.2, 0.25) is 0 Å². The largest absolute Gasteiger partial charge is 0.419 e. The third kappa shape index (κ3) is 1.98. The molecule has 18 heavy (non-hydrogen) atoms. The molecule has 0 N–H and O–H groups in total. The van der Waals surface area contributed by atoms with Crippen molar-refractivity contribution in [2.45, 2.75) is 20.0 Å². The van der Waals surface area contributed by atoms with Gasteiger partial charge in [0, 0.05) is 12.1 Å². The smallest absolute Gasteiger partial charge is 0.297 e. The van der Waals surface area contributed by atoms with Gasteiger partial charge in [0.05, 0.1) is 11.8 Å². The monoisotopic (exact) mass is 256 g/mol. The molecule has 0 aliphatic rings. The summed E-state index contributed by atoms with van der Waals surface area (Å²) in [5.41, 5.74) is -0.909. The fraction of sp³-hybridized carbons (Fsp3) is 0.333. The number of pyridine rings is 1. The second kappa shape index (κ2) is 4.12. The molecule has 0 bridgehead atoms. The predicted octanol–water partition coefficient (Wildman–Crippen LogP) is 3.19. The van der Waals surface area contributed by atoms with E-state index in [0.29, 0.717) is 0 Å². The van der Waals surface area contributed by atoms with Gasteiger partial charge in [-0.15, -0.1) is 0 Å². The number of carbonyl (C=O) groups is 1. The van der Waals surface area contributed by atoms with Crippen LogP contribution in [0, 0.1) is 5.92 Å². The summed E-state index contributed by atoms with van der Waals surface area (Å²) >= 11 is 0. The fourth-order valence-corrected chi connectivity index (χ4v) is 1.71. The van der Waals surface area contributed by atoms with Crippen molar-refractivity contribution in [3.8, 4) is 0 Å². The predicted molar refractivity (Wildman–Crippen MR) is 59.4 cm³/mol. The highest BCUT2D eigenvalue weighted by Crippen LogP contribution is 2.32. The topological polar surface area (TPSA) is 34.4 Å². The minimum Gasteiger partial charge on any atom is -0.297 e. The highest BCUT2D eigenvalue weighted by atomic mass is 19.4. The Morgan fingerprint density at radius 2 is 2.06 bits per heavy atom. The van der Waals surface area contributed by atoms with Crippen LogP contribution in [-0.4, -0.2) is 15.2 Å². The Labute approximate surface area is 101 Å². The van der Waals surface area contributed by atoms with E-state index in [1.54, 1.807) is 13.8 Å². The summed E-state index contributed by atoms with van der Waals surface area (Å²) in [5.74, 6) is -0.527. The number of imidazole rings is 1. The van der Waals surface area contributed by atoms with Crippen molar-refractivity contribution in [3.05, 3.63) is 35.8 Å². The SMILES string of the molecule is CC(C)C(=O)c1cnc2c(C(F)(F)F)cccn12. The average molecular weight is 256 g/mol. The van der Waals surface area contributed by atoms with E-state index in [4.69, 9.17) is 0 Å². The van der Waals surface area contributed by atoms with E-state index in [1.807, 2.05) is 0 Å². The van der Waals surface area contributed by atoms with Crippen molar-refractivity contribution < 1.29 is 18.0 Å². The molecule has 2 aromatic rings. The lowest BCUT2D eigenvalue weighted by Gasteiger charge is -2.09. The van der Waals surface area contributed by atoms with E-state index in [9.17, 15) is 18.0 Å². The Hall–Kier alpha value is -1.85. The Kier molecular flexibility index (Phi) is 2.88. The molecule has 0 unspecified atom stereocenters. The number of alkyl halides is 3. The fourth-order valence-electron chi connectivity index (χ4n) is 1.71. The number of hydrogen-bond acceptors (Lipinski definition) is 2. The standard InChI is InChI=1S/C12H11F3N2O/c1-7(2)10(18)9-6-16-11-8(12(13,14)15)4-3-5-17(9)11/h3-7H,1-2H3. The molecule has 0 amide bonds. The van der Waals surface area contributed by atoms with E-state index in [2.05, 4.69) is 4.98 Å². The lowest BCUT2D eigenvalue weighted by atomic mass is 10.1. The normalized spacial score (nSPS) is 12.3. The van der Waals surface area contributed by atoms with E-state index < -0.39 is 11.7 Å². The van der Waals surface area contributed by atoms with Gasteiger partial charge in [-0.25, -0.2) is 4.98 Å². The molecule has 96 valence electrons. The molecule has 0 saturated heterocycles. The quantitative estimate of drug-likeness (QED) is 0.773. The van der Waals surface area contributed by atoms with Gasteiger partial charge >= 0.3 is 6.18 Å². The number of Topliss-reactive ketones (excluding diaryl/α,β-unsaturated/α-hetero) is 1. The second-order valence-corrected chi connectivity index (χ2v) is 4.28. The Balaban J connectivity index is 2.66. The number of hydrogen-bond donors (Lipinski definition) is 0. The number of aromatic nitrogens is 2. The van der Waals surface area contributed by atoms with Crippen LogP contribution < -0.4 is 0 Å². The van der Waals surface area contributed by atoms with Crippen LogP contribution in [0.25, 0.3) is 5.65 Å². The highest BCUT2D eigenvalue weighted by molar-refractivity contribution is 5.96. The number of ketones is 1. The molecule has 6 heteroatoms. The average Bonchev–Trinajstić information content (AvgIpc) is 2.69. The van der Waals surface area contributed by atoms with Crippen LogP contribution >= 0.6 is 0 Å². The highest BCUT2D eigenvalue weighted by Gasteiger charge is 2.34. The molecule has 0 aromatic carbocycles. The molecular weight excluding hydrogens is 245 g/mol. The first-order chi connectivity index (χ1) is 8.32. The number of carbonyl (C=O) groups excluding carboxylic acids is 1. The lowest BCUT2D eigenvalue weighted by molar-refractivity contribution is -0.136. The molecular formula is C12H11F3N2O. The third-order valence-electron chi connectivity index (χ3n) is 2.62. The molecule has 3 nitrogen and oxygen atoms in total. The van der Waals surface area contributed by atoms with Gasteiger partial charge in [-0.1, -0.05) is 13.8 Å². The van der Waals surface area contributed by atoms with Gasteiger partial charge in [0.2, 0.25) is 0 Å². The first kappa shape index (κ1) is 12.6. The maximum Gasteiger partial charge on any atom is 0.419 e. The van der Waals surface area contributed by atoms with Crippen LogP contribution in [0.5, 0.6) is 0 Å². The minimum atomic E-state index is -4.48. The van der Waals surface area contributed by atoms with Gasteiger partial charge in [-0.05, 0) is 12.1 Å². The third-order valence-corrected chi connectivity index (χ3v) is 2.62. The van der Waals surface area contributed by atoms with Gasteiger partial charge in [-0.3, -0.25) is 9.20 Å². The molecule has 0 atom stereocenters. The molecule has 0 spiro atoms. The lowest BCUT2D eigenvalue weighted by Crippen LogP contribution is -2.12. The van der Waals surface area contributed by atoms with Crippen LogP contribution in [0.1, 0.15) is 29.9 Å². The Morgan fingerprint density at radius 1 is 1.39 bits per heavy atom. The molecule has 0 saturated carbocycles. The zero-order valence-corrected chi connectivity index (χ0v) is 9.82. The van der Waals surface area contributed by atoms with E-state index in [-0.39, 0.29) is 23.0 Å². The second-order valence-electron chi connectivity index (χ2n) is 4.28. The van der Waals surface area contributed by atoms with Gasteiger partial charge in [0.25, 0.3) is 0 Å². The summed E-state index contributed by atoms with van der Waals surface area (Å²) in [5, 5.41) is 0. The van der Waals surface area contributed by atoms with E-state index >= 15 is 0 Å². The molecule has 2 rings (SSSR count). The number of rotatable bonds is 2. The summed E-state index contributed by atoms with van der Waals surface area (Å²) in [6.45, 7) is 3.38. The van der Waals surface area contributed by atoms with Gasteiger partial charge in [0.1, 0.15) is 11.3 Å². The van der Waals surface area contributed by atoms with Gasteiger partial charge in [0.15, 0.2) is 5.78 Å². The molecule has 0 fully saturated rings. The van der Waals surface area contributed by atoms with Crippen molar-refractivity contribution in [1.82, 2.24) is 9.38 Å². The van der Waals surface area contributed by atoms with Gasteiger partial charge < -0.3 is 0 Å².